The predicted octanol–water partition coefficient (Wildman–Crippen LogP) is 6.57. The molecule has 8 heteroatoms. The van der Waals surface area contributed by atoms with Gasteiger partial charge in [-0.2, -0.15) is 0 Å². The summed E-state index contributed by atoms with van der Waals surface area (Å²) in [7, 11) is 0. The second-order valence-electron chi connectivity index (χ2n) is 9.21. The Balaban J connectivity index is 1.55. The lowest BCUT2D eigenvalue weighted by molar-refractivity contribution is -0.113. The zero-order valence-corrected chi connectivity index (χ0v) is 22.2. The summed E-state index contributed by atoms with van der Waals surface area (Å²) in [4.78, 5) is 33.6. The fraction of sp³-hybridized carbons (Fsp3) is 0.296. The fourth-order valence-corrected chi connectivity index (χ4v) is 6.88. The third kappa shape index (κ3) is 4.90. The molecule has 0 spiro atoms. The molecule has 0 saturated carbocycles. The minimum absolute atomic E-state index is 0.0939. The maximum absolute atomic E-state index is 13.9. The normalized spacial score (nSPS) is 15.3. The van der Waals surface area contributed by atoms with Crippen molar-refractivity contribution in [3.63, 3.8) is 0 Å². The lowest BCUT2D eigenvalue weighted by atomic mass is 9.89. The number of benzene rings is 2. The summed E-state index contributed by atoms with van der Waals surface area (Å²) in [5.41, 5.74) is 4.46. The van der Waals surface area contributed by atoms with Crippen LogP contribution in [0, 0.1) is 19.8 Å². The van der Waals surface area contributed by atoms with Crippen molar-refractivity contribution >= 4 is 56.5 Å². The second-order valence-corrected chi connectivity index (χ2v) is 11.6. The third-order valence-corrected chi connectivity index (χ3v) is 8.84. The van der Waals surface area contributed by atoms with Gasteiger partial charge in [-0.15, -0.1) is 11.3 Å². The molecule has 2 aromatic carbocycles. The SMILES string of the molecule is Cc1cccc(NC(=O)CSc2nc3sc4c(c3c(=O)n2-c2ccc(C)c(Cl)c2)CC[C@H](C)C4)c1. The average Bonchev–Trinajstić information content (AvgIpc) is 3.17. The first kappa shape index (κ1) is 24.1. The van der Waals surface area contributed by atoms with Crippen molar-refractivity contribution < 1.29 is 4.79 Å². The minimum Gasteiger partial charge on any atom is -0.325 e. The molecule has 2 heterocycles. The molecule has 0 fully saturated rings. The van der Waals surface area contributed by atoms with Crippen LogP contribution in [0.25, 0.3) is 15.9 Å². The van der Waals surface area contributed by atoms with E-state index >= 15 is 0 Å². The molecule has 0 radical (unpaired) electrons. The second kappa shape index (κ2) is 9.80. The molecular formula is C27H26ClN3O2S2. The summed E-state index contributed by atoms with van der Waals surface area (Å²) in [6.45, 7) is 6.16. The van der Waals surface area contributed by atoms with Gasteiger partial charge in [-0.3, -0.25) is 14.2 Å². The lowest BCUT2D eigenvalue weighted by Gasteiger charge is -2.18. The van der Waals surface area contributed by atoms with E-state index in [4.69, 9.17) is 16.6 Å². The molecule has 0 unspecified atom stereocenters. The molecule has 5 nitrogen and oxygen atoms in total. The van der Waals surface area contributed by atoms with E-state index in [1.807, 2.05) is 50.2 Å². The highest BCUT2D eigenvalue weighted by atomic mass is 35.5. The zero-order chi connectivity index (χ0) is 24.7. The Bertz CT molecular complexity index is 1510. The topological polar surface area (TPSA) is 64.0 Å². The van der Waals surface area contributed by atoms with Crippen molar-refractivity contribution in [1.29, 1.82) is 0 Å². The van der Waals surface area contributed by atoms with Crippen molar-refractivity contribution in [3.8, 4) is 5.69 Å². The van der Waals surface area contributed by atoms with Crippen LogP contribution in [-0.2, 0) is 17.6 Å². The number of aromatic nitrogens is 2. The summed E-state index contributed by atoms with van der Waals surface area (Å²) in [6, 6.07) is 13.3. The molecule has 4 aromatic rings. The maximum Gasteiger partial charge on any atom is 0.267 e. The minimum atomic E-state index is -0.150. The molecule has 1 atom stereocenters. The molecule has 0 aliphatic heterocycles. The Kier molecular flexibility index (Phi) is 6.75. The molecule has 1 aliphatic carbocycles. The van der Waals surface area contributed by atoms with Gasteiger partial charge < -0.3 is 5.32 Å². The highest BCUT2D eigenvalue weighted by Crippen LogP contribution is 2.37. The Morgan fingerprint density at radius 1 is 1.26 bits per heavy atom. The van der Waals surface area contributed by atoms with Gasteiger partial charge in [-0.1, -0.05) is 48.5 Å². The highest BCUT2D eigenvalue weighted by Gasteiger charge is 2.25. The van der Waals surface area contributed by atoms with Crippen LogP contribution >= 0.6 is 34.7 Å². The Morgan fingerprint density at radius 3 is 2.86 bits per heavy atom. The predicted molar refractivity (Wildman–Crippen MR) is 147 cm³/mol. The van der Waals surface area contributed by atoms with Gasteiger partial charge in [0, 0.05) is 15.6 Å². The maximum atomic E-state index is 13.9. The van der Waals surface area contributed by atoms with Crippen LogP contribution in [0.3, 0.4) is 0 Å². The number of nitrogens with zero attached hydrogens (tertiary/aromatic N) is 2. The number of amides is 1. The first-order valence-corrected chi connectivity index (χ1v) is 13.8. The van der Waals surface area contributed by atoms with E-state index in [2.05, 4.69) is 12.2 Å². The van der Waals surface area contributed by atoms with Gasteiger partial charge in [-0.25, -0.2) is 4.98 Å². The molecule has 1 amide bonds. The first-order chi connectivity index (χ1) is 16.8. The monoisotopic (exact) mass is 523 g/mol. The molecule has 35 heavy (non-hydrogen) atoms. The van der Waals surface area contributed by atoms with Crippen molar-refractivity contribution in [2.45, 2.75) is 45.2 Å². The number of carbonyl (C=O) groups is 1. The van der Waals surface area contributed by atoms with E-state index in [0.29, 0.717) is 27.2 Å². The molecule has 180 valence electrons. The van der Waals surface area contributed by atoms with Gasteiger partial charge in [0.05, 0.1) is 16.8 Å². The van der Waals surface area contributed by atoms with Crippen LogP contribution in [0.5, 0.6) is 0 Å². The van der Waals surface area contributed by atoms with Gasteiger partial charge in [0.2, 0.25) is 5.91 Å². The summed E-state index contributed by atoms with van der Waals surface area (Å²) in [6.07, 6.45) is 2.95. The van der Waals surface area contributed by atoms with Gasteiger partial charge in [0.1, 0.15) is 4.83 Å². The number of halogens is 1. The quantitative estimate of drug-likeness (QED) is 0.237. The summed E-state index contributed by atoms with van der Waals surface area (Å²) < 4.78 is 1.61. The number of aryl methyl sites for hydroxylation is 3. The van der Waals surface area contributed by atoms with Gasteiger partial charge in [0.25, 0.3) is 5.56 Å². The van der Waals surface area contributed by atoms with Crippen LogP contribution in [0.2, 0.25) is 5.02 Å². The van der Waals surface area contributed by atoms with Crippen LogP contribution < -0.4 is 10.9 Å². The number of hydrogen-bond donors (Lipinski definition) is 1. The van der Waals surface area contributed by atoms with E-state index in [-0.39, 0.29) is 17.2 Å². The van der Waals surface area contributed by atoms with Crippen molar-refractivity contribution in [3.05, 3.63) is 79.4 Å². The lowest BCUT2D eigenvalue weighted by Crippen LogP contribution is -2.23. The van der Waals surface area contributed by atoms with Gasteiger partial charge in [0.15, 0.2) is 5.16 Å². The zero-order valence-electron chi connectivity index (χ0n) is 19.9. The van der Waals surface area contributed by atoms with Crippen LogP contribution in [0.4, 0.5) is 5.69 Å². The number of carbonyl (C=O) groups excluding carboxylic acids is 1. The van der Waals surface area contributed by atoms with Crippen molar-refractivity contribution in [1.82, 2.24) is 9.55 Å². The number of thioether (sulfide) groups is 1. The van der Waals surface area contributed by atoms with E-state index in [1.165, 1.54) is 16.6 Å². The summed E-state index contributed by atoms with van der Waals surface area (Å²) >= 11 is 9.30. The largest absolute Gasteiger partial charge is 0.325 e. The molecule has 0 bridgehead atoms. The number of rotatable bonds is 5. The number of fused-ring (bicyclic) bond motifs is 3. The number of anilines is 1. The van der Waals surface area contributed by atoms with E-state index in [0.717, 1.165) is 46.5 Å². The van der Waals surface area contributed by atoms with E-state index in [9.17, 15) is 9.59 Å². The molecule has 0 saturated heterocycles. The molecule has 1 aliphatic rings. The smallest absolute Gasteiger partial charge is 0.267 e. The third-order valence-electron chi connectivity index (χ3n) is 6.35. The summed E-state index contributed by atoms with van der Waals surface area (Å²) in [5, 5.41) is 4.72. The molecule has 5 rings (SSSR count). The van der Waals surface area contributed by atoms with Crippen molar-refractivity contribution in [2.24, 2.45) is 5.92 Å². The Hall–Kier alpha value is -2.61. The highest BCUT2D eigenvalue weighted by molar-refractivity contribution is 7.99. The standard InChI is InChI=1S/C27H26ClN3O2S2/c1-15-5-4-6-18(11-15)29-23(32)14-34-27-30-25-24(20-10-7-16(2)12-22(20)35-25)26(33)31(27)19-9-8-17(3)21(28)13-19/h4-6,8-9,11,13,16H,7,10,12,14H2,1-3H3,(H,29,32)/t16-/m0/s1. The average molecular weight is 524 g/mol. The molecule has 1 N–H and O–H groups in total. The van der Waals surface area contributed by atoms with E-state index < -0.39 is 0 Å². The van der Waals surface area contributed by atoms with Crippen LogP contribution in [0.15, 0.2) is 52.4 Å². The molecular weight excluding hydrogens is 498 g/mol. The van der Waals surface area contributed by atoms with Crippen molar-refractivity contribution in [2.75, 3.05) is 11.1 Å². The van der Waals surface area contributed by atoms with Crippen LogP contribution in [-0.4, -0.2) is 21.2 Å². The Labute approximate surface area is 217 Å². The number of hydrogen-bond acceptors (Lipinski definition) is 5. The number of thiophene rings is 1. The van der Waals surface area contributed by atoms with Crippen LogP contribution in [0.1, 0.15) is 34.9 Å². The van der Waals surface area contributed by atoms with E-state index in [1.54, 1.807) is 22.0 Å². The summed E-state index contributed by atoms with van der Waals surface area (Å²) in [5.74, 6) is 0.587. The molecule has 2 aromatic heterocycles. The first-order valence-electron chi connectivity index (χ1n) is 11.6. The number of nitrogens with one attached hydrogen (secondary N) is 1. The fourth-order valence-electron chi connectivity index (χ4n) is 4.47. The van der Waals surface area contributed by atoms with Gasteiger partial charge in [-0.05, 0) is 80.0 Å². The Morgan fingerprint density at radius 2 is 2.09 bits per heavy atom. The van der Waals surface area contributed by atoms with Gasteiger partial charge >= 0.3 is 0 Å².